The van der Waals surface area contributed by atoms with E-state index < -0.39 is 23.8 Å². The van der Waals surface area contributed by atoms with Crippen molar-refractivity contribution in [3.63, 3.8) is 0 Å². The highest BCUT2D eigenvalue weighted by molar-refractivity contribution is 6.39. The van der Waals surface area contributed by atoms with Gasteiger partial charge in [-0.05, 0) is 74.4 Å². The quantitative estimate of drug-likeness (QED) is 0.375. The summed E-state index contributed by atoms with van der Waals surface area (Å²) in [6, 6.07) is 9.91. The largest absolute Gasteiger partial charge is 0.478 e. The van der Waals surface area contributed by atoms with E-state index in [9.17, 15) is 24.3 Å². The first-order chi connectivity index (χ1) is 16.5. The Morgan fingerprint density at radius 2 is 1.69 bits per heavy atom. The van der Waals surface area contributed by atoms with Crippen LogP contribution in [0.3, 0.4) is 0 Å². The van der Waals surface area contributed by atoms with E-state index in [1.54, 1.807) is 43.5 Å². The SMILES string of the molecule is Cc1ccc(N2C(=O)NC(=O)/C(=C/c3cc(C)n(-c4cc(C(=O)O)ccc4Cl)c3C)C2=O)cc1Cl. The van der Waals surface area contributed by atoms with Crippen molar-refractivity contribution in [2.75, 3.05) is 4.90 Å². The van der Waals surface area contributed by atoms with Gasteiger partial charge in [-0.25, -0.2) is 14.5 Å². The minimum absolute atomic E-state index is 0.0598. The number of nitrogens with one attached hydrogen (secondary N) is 1. The number of anilines is 1. The molecule has 178 valence electrons. The first kappa shape index (κ1) is 24.3. The lowest BCUT2D eigenvalue weighted by Gasteiger charge is -2.26. The molecule has 35 heavy (non-hydrogen) atoms. The first-order valence-corrected chi connectivity index (χ1v) is 11.1. The normalized spacial score (nSPS) is 15.1. The predicted octanol–water partition coefficient (Wildman–Crippen LogP) is 5.07. The molecule has 0 bridgehead atoms. The zero-order chi connectivity index (χ0) is 25.6. The summed E-state index contributed by atoms with van der Waals surface area (Å²) in [7, 11) is 0. The second kappa shape index (κ2) is 9.05. The number of rotatable bonds is 4. The number of carbonyl (C=O) groups is 4. The minimum Gasteiger partial charge on any atom is -0.478 e. The Kier molecular flexibility index (Phi) is 6.27. The van der Waals surface area contributed by atoms with E-state index in [1.165, 1.54) is 30.3 Å². The van der Waals surface area contributed by atoms with Crippen molar-refractivity contribution in [3.05, 3.63) is 86.2 Å². The lowest BCUT2D eigenvalue weighted by Crippen LogP contribution is -2.54. The molecular weight excluding hydrogens is 493 g/mol. The van der Waals surface area contributed by atoms with E-state index in [0.717, 1.165) is 10.5 Å². The molecule has 8 nitrogen and oxygen atoms in total. The molecule has 1 aromatic heterocycles. The van der Waals surface area contributed by atoms with Crippen LogP contribution in [0, 0.1) is 20.8 Å². The minimum atomic E-state index is -1.10. The molecule has 0 spiro atoms. The van der Waals surface area contributed by atoms with Crippen molar-refractivity contribution < 1.29 is 24.3 Å². The molecule has 1 fully saturated rings. The lowest BCUT2D eigenvalue weighted by molar-refractivity contribution is -0.122. The Labute approximate surface area is 210 Å². The molecule has 4 rings (SSSR count). The predicted molar refractivity (Wildman–Crippen MR) is 132 cm³/mol. The number of nitrogens with zero attached hydrogens (tertiary/aromatic N) is 2. The molecule has 2 heterocycles. The first-order valence-electron chi connectivity index (χ1n) is 10.4. The van der Waals surface area contributed by atoms with E-state index in [1.807, 2.05) is 0 Å². The van der Waals surface area contributed by atoms with Crippen LogP contribution < -0.4 is 10.2 Å². The van der Waals surface area contributed by atoms with Crippen LogP contribution in [0.5, 0.6) is 0 Å². The van der Waals surface area contributed by atoms with Crippen molar-refractivity contribution >= 4 is 58.8 Å². The van der Waals surface area contributed by atoms with Crippen LogP contribution in [0.4, 0.5) is 10.5 Å². The van der Waals surface area contributed by atoms with E-state index in [4.69, 9.17) is 23.2 Å². The molecule has 0 aliphatic carbocycles. The lowest BCUT2D eigenvalue weighted by atomic mass is 10.1. The van der Waals surface area contributed by atoms with Crippen LogP contribution in [-0.2, 0) is 9.59 Å². The maximum atomic E-state index is 13.2. The number of imide groups is 2. The Hall–Kier alpha value is -3.88. The van der Waals surface area contributed by atoms with Crippen LogP contribution in [0.2, 0.25) is 10.0 Å². The molecule has 10 heteroatoms. The summed E-state index contributed by atoms with van der Waals surface area (Å²) in [5.41, 5.74) is 3.08. The van der Waals surface area contributed by atoms with Crippen molar-refractivity contribution in [1.29, 1.82) is 0 Å². The molecule has 1 aliphatic rings. The molecule has 0 unspecified atom stereocenters. The Morgan fingerprint density at radius 3 is 2.34 bits per heavy atom. The third-order valence-corrected chi connectivity index (χ3v) is 6.45. The van der Waals surface area contributed by atoms with Gasteiger partial charge in [-0.1, -0.05) is 29.3 Å². The highest BCUT2D eigenvalue weighted by atomic mass is 35.5. The summed E-state index contributed by atoms with van der Waals surface area (Å²) in [5, 5.41) is 12.2. The number of carboxylic acid groups (broad SMARTS) is 1. The molecule has 3 aromatic rings. The number of aryl methyl sites for hydroxylation is 2. The number of aromatic carboxylic acids is 1. The Morgan fingerprint density at radius 1 is 0.971 bits per heavy atom. The van der Waals surface area contributed by atoms with Crippen molar-refractivity contribution in [2.24, 2.45) is 0 Å². The molecule has 0 radical (unpaired) electrons. The average molecular weight is 512 g/mol. The third kappa shape index (κ3) is 4.34. The zero-order valence-corrected chi connectivity index (χ0v) is 20.4. The fraction of sp³-hybridized carbons (Fsp3) is 0.120. The molecule has 0 atom stereocenters. The highest BCUT2D eigenvalue weighted by Crippen LogP contribution is 2.30. The monoisotopic (exact) mass is 511 g/mol. The van der Waals surface area contributed by atoms with E-state index in [0.29, 0.717) is 32.7 Å². The molecule has 2 N–H and O–H groups in total. The molecule has 1 saturated heterocycles. The Bertz CT molecular complexity index is 1470. The molecule has 4 amide bonds. The summed E-state index contributed by atoms with van der Waals surface area (Å²) in [6.45, 7) is 5.32. The van der Waals surface area contributed by atoms with Crippen molar-refractivity contribution in [2.45, 2.75) is 20.8 Å². The molecular formula is C25H19Cl2N3O5. The summed E-state index contributed by atoms with van der Waals surface area (Å²) in [6.07, 6.45) is 1.39. The summed E-state index contributed by atoms with van der Waals surface area (Å²) >= 11 is 12.5. The van der Waals surface area contributed by atoms with Crippen LogP contribution in [0.25, 0.3) is 11.8 Å². The number of halogens is 2. The molecule has 1 aliphatic heterocycles. The van der Waals surface area contributed by atoms with Crippen LogP contribution in [-0.4, -0.2) is 33.5 Å². The smallest absolute Gasteiger partial charge is 0.335 e. The van der Waals surface area contributed by atoms with Gasteiger partial charge < -0.3 is 9.67 Å². The number of aromatic nitrogens is 1. The highest BCUT2D eigenvalue weighted by Gasteiger charge is 2.37. The van der Waals surface area contributed by atoms with Gasteiger partial charge >= 0.3 is 12.0 Å². The van der Waals surface area contributed by atoms with Crippen LogP contribution in [0.1, 0.15) is 32.9 Å². The molecule has 2 aromatic carbocycles. The summed E-state index contributed by atoms with van der Waals surface area (Å²) in [4.78, 5) is 50.6. The average Bonchev–Trinajstić information content (AvgIpc) is 3.06. The van der Waals surface area contributed by atoms with Gasteiger partial charge in [0.1, 0.15) is 5.57 Å². The zero-order valence-electron chi connectivity index (χ0n) is 18.8. The standard InChI is InChI=1S/C25H19Cl2N3O5/c1-12-4-6-17(11-20(12)27)30-23(32)18(22(31)28-25(30)35)9-16-8-13(2)29(14(16)3)21-10-15(24(33)34)5-7-19(21)26/h4-11H,1-3H3,(H,33,34)(H,28,31,35)/b18-9-. The number of hydrogen-bond acceptors (Lipinski definition) is 4. The van der Waals surface area contributed by atoms with Gasteiger partial charge in [-0.15, -0.1) is 0 Å². The molecule has 0 saturated carbocycles. The van der Waals surface area contributed by atoms with Crippen LogP contribution >= 0.6 is 23.2 Å². The fourth-order valence-electron chi connectivity index (χ4n) is 3.89. The van der Waals surface area contributed by atoms with Gasteiger partial charge in [0.15, 0.2) is 0 Å². The van der Waals surface area contributed by atoms with Gasteiger partial charge in [-0.2, -0.15) is 0 Å². The maximum absolute atomic E-state index is 13.2. The number of hydrogen-bond donors (Lipinski definition) is 2. The second-order valence-electron chi connectivity index (χ2n) is 8.02. The number of amides is 4. The number of carboxylic acids is 1. The van der Waals surface area contributed by atoms with Crippen LogP contribution in [0.15, 0.2) is 48.0 Å². The topological polar surface area (TPSA) is 109 Å². The van der Waals surface area contributed by atoms with E-state index in [-0.39, 0.29) is 16.8 Å². The fourth-order valence-corrected chi connectivity index (χ4v) is 4.27. The summed E-state index contributed by atoms with van der Waals surface area (Å²) in [5.74, 6) is -2.72. The van der Waals surface area contributed by atoms with E-state index in [2.05, 4.69) is 5.32 Å². The van der Waals surface area contributed by atoms with Gasteiger partial charge in [0.2, 0.25) is 0 Å². The van der Waals surface area contributed by atoms with E-state index >= 15 is 0 Å². The number of carbonyl (C=O) groups excluding carboxylic acids is 3. The number of urea groups is 1. The van der Waals surface area contributed by atoms with Crippen molar-refractivity contribution in [3.8, 4) is 5.69 Å². The van der Waals surface area contributed by atoms with Gasteiger partial charge in [0, 0.05) is 16.4 Å². The number of barbiturate groups is 1. The van der Waals surface area contributed by atoms with Gasteiger partial charge in [0.05, 0.1) is 22.0 Å². The second-order valence-corrected chi connectivity index (χ2v) is 8.84. The third-order valence-electron chi connectivity index (χ3n) is 5.72. The van der Waals surface area contributed by atoms with Gasteiger partial charge in [0.25, 0.3) is 11.8 Å². The number of benzene rings is 2. The Balaban J connectivity index is 1.79. The van der Waals surface area contributed by atoms with Gasteiger partial charge in [-0.3, -0.25) is 14.9 Å². The van der Waals surface area contributed by atoms with Crippen molar-refractivity contribution in [1.82, 2.24) is 9.88 Å². The maximum Gasteiger partial charge on any atom is 0.335 e. The summed E-state index contributed by atoms with van der Waals surface area (Å²) < 4.78 is 1.73.